The van der Waals surface area contributed by atoms with E-state index in [1.54, 1.807) is 6.07 Å². The molecule has 19 heavy (non-hydrogen) atoms. The van der Waals surface area contributed by atoms with Crippen molar-refractivity contribution in [1.29, 1.82) is 0 Å². The van der Waals surface area contributed by atoms with Crippen LogP contribution in [0.15, 0.2) is 41.6 Å². The Hall–Kier alpha value is -1.46. The zero-order valence-electron chi connectivity index (χ0n) is 11.0. The van der Waals surface area contributed by atoms with Crippen molar-refractivity contribution in [3.63, 3.8) is 0 Å². The fourth-order valence-corrected chi connectivity index (χ4v) is 3.18. The van der Waals surface area contributed by atoms with Crippen LogP contribution in [0, 0.1) is 0 Å². The molecular weight excluding hydrogens is 260 g/mol. The predicted octanol–water partition coefficient (Wildman–Crippen LogP) is 2.70. The van der Waals surface area contributed by atoms with E-state index in [1.165, 1.54) is 6.20 Å². The summed E-state index contributed by atoms with van der Waals surface area (Å²) in [6.45, 7) is 2.54. The minimum absolute atomic E-state index is 0.113. The number of nitrogens with zero attached hydrogens (tertiary/aromatic N) is 1. The number of hydrogen-bond acceptors (Lipinski definition) is 3. The van der Waals surface area contributed by atoms with Crippen molar-refractivity contribution in [2.45, 2.75) is 31.2 Å². The molecule has 1 heterocycles. The highest BCUT2D eigenvalue weighted by atomic mass is 32.2. The summed E-state index contributed by atoms with van der Waals surface area (Å²) >= 11 is 0. The molecule has 0 bridgehead atoms. The number of aromatic nitrogens is 1. The molecule has 1 aromatic heterocycles. The van der Waals surface area contributed by atoms with Gasteiger partial charge in [0.05, 0.1) is 0 Å². The number of pyridine rings is 1. The molecule has 1 N–H and O–H groups in total. The first-order valence-electron chi connectivity index (χ1n) is 6.48. The van der Waals surface area contributed by atoms with Crippen LogP contribution >= 0.6 is 0 Å². The van der Waals surface area contributed by atoms with E-state index in [0.717, 1.165) is 24.6 Å². The molecular formula is C14H18N2O2S. The van der Waals surface area contributed by atoms with Gasteiger partial charge < -0.3 is 0 Å². The van der Waals surface area contributed by atoms with Gasteiger partial charge >= 0.3 is 0 Å². The van der Waals surface area contributed by atoms with Crippen LogP contribution in [0.2, 0.25) is 0 Å². The summed E-state index contributed by atoms with van der Waals surface area (Å²) in [5.41, 5.74) is 0. The number of unbranched alkanes of at least 4 members (excludes halogenated alkanes) is 2. The summed E-state index contributed by atoms with van der Waals surface area (Å²) in [5.74, 6) is 0. The van der Waals surface area contributed by atoms with E-state index in [0.29, 0.717) is 11.9 Å². The van der Waals surface area contributed by atoms with Gasteiger partial charge in [-0.15, -0.1) is 0 Å². The molecule has 0 radical (unpaired) electrons. The maximum absolute atomic E-state index is 12.2. The molecule has 0 saturated carbocycles. The third kappa shape index (κ3) is 3.30. The fraction of sp³-hybridized carbons (Fsp3) is 0.357. The van der Waals surface area contributed by atoms with E-state index in [-0.39, 0.29) is 5.03 Å². The topological polar surface area (TPSA) is 59.1 Å². The molecule has 0 aliphatic heterocycles. The second kappa shape index (κ2) is 6.12. The van der Waals surface area contributed by atoms with Crippen molar-refractivity contribution < 1.29 is 8.42 Å². The van der Waals surface area contributed by atoms with Crippen molar-refractivity contribution in [1.82, 2.24) is 9.71 Å². The smallest absolute Gasteiger partial charge is 0.243 e. The Bertz CT molecular complexity index is 648. The average molecular weight is 278 g/mol. The summed E-state index contributed by atoms with van der Waals surface area (Å²) < 4.78 is 27.1. The zero-order valence-corrected chi connectivity index (χ0v) is 11.8. The van der Waals surface area contributed by atoms with Crippen LogP contribution in [-0.4, -0.2) is 19.9 Å². The molecule has 0 aliphatic rings. The Morgan fingerprint density at radius 3 is 2.74 bits per heavy atom. The molecule has 4 nitrogen and oxygen atoms in total. The lowest BCUT2D eigenvalue weighted by molar-refractivity contribution is 0.573. The maximum atomic E-state index is 12.2. The molecule has 0 spiro atoms. The van der Waals surface area contributed by atoms with Gasteiger partial charge in [-0.25, -0.2) is 18.1 Å². The highest BCUT2D eigenvalue weighted by Gasteiger charge is 2.17. The Kier molecular flexibility index (Phi) is 4.50. The highest BCUT2D eigenvalue weighted by molar-refractivity contribution is 7.89. The summed E-state index contributed by atoms with van der Waals surface area (Å²) in [5, 5.41) is 1.65. The molecule has 0 atom stereocenters. The number of rotatable bonds is 6. The van der Waals surface area contributed by atoms with E-state index >= 15 is 0 Å². The Morgan fingerprint density at radius 1 is 1.16 bits per heavy atom. The normalized spacial score (nSPS) is 11.8. The monoisotopic (exact) mass is 278 g/mol. The van der Waals surface area contributed by atoms with Crippen molar-refractivity contribution in [3.8, 4) is 0 Å². The number of sulfonamides is 1. The van der Waals surface area contributed by atoms with E-state index < -0.39 is 10.0 Å². The first kappa shape index (κ1) is 14.0. The van der Waals surface area contributed by atoms with Crippen LogP contribution in [-0.2, 0) is 10.0 Å². The number of hydrogen-bond donors (Lipinski definition) is 1. The second-order valence-corrected chi connectivity index (χ2v) is 6.12. The standard InChI is InChI=1S/C14H18N2O2S/c1-2-3-6-10-16-19(17,18)14-13-8-5-4-7-12(13)9-11-15-14/h4-5,7-9,11,16H,2-3,6,10H2,1H3. The highest BCUT2D eigenvalue weighted by Crippen LogP contribution is 2.20. The first-order valence-corrected chi connectivity index (χ1v) is 7.97. The number of fused-ring (bicyclic) bond motifs is 1. The Morgan fingerprint density at radius 2 is 1.95 bits per heavy atom. The Labute approximate surface area is 113 Å². The lowest BCUT2D eigenvalue weighted by Gasteiger charge is -2.08. The van der Waals surface area contributed by atoms with Gasteiger partial charge in [0.25, 0.3) is 10.0 Å². The van der Waals surface area contributed by atoms with Gasteiger partial charge in [-0.2, -0.15) is 0 Å². The Balaban J connectivity index is 2.28. The minimum atomic E-state index is -3.53. The number of nitrogens with one attached hydrogen (secondary N) is 1. The van der Waals surface area contributed by atoms with Gasteiger partial charge in [0.15, 0.2) is 5.03 Å². The van der Waals surface area contributed by atoms with E-state index in [4.69, 9.17) is 0 Å². The first-order chi connectivity index (χ1) is 9.15. The van der Waals surface area contributed by atoms with Crippen LogP contribution < -0.4 is 4.72 Å². The van der Waals surface area contributed by atoms with E-state index in [1.807, 2.05) is 24.3 Å². The van der Waals surface area contributed by atoms with Gasteiger partial charge in [-0.05, 0) is 17.9 Å². The van der Waals surface area contributed by atoms with Gasteiger partial charge in [-0.1, -0.05) is 44.0 Å². The minimum Gasteiger partial charge on any atom is -0.243 e. The van der Waals surface area contributed by atoms with Gasteiger partial charge in [0.2, 0.25) is 0 Å². The quantitative estimate of drug-likeness (QED) is 0.826. The zero-order chi connectivity index (χ0) is 13.7. The molecule has 2 aromatic rings. The van der Waals surface area contributed by atoms with Crippen LogP contribution in [0.5, 0.6) is 0 Å². The molecule has 0 saturated heterocycles. The predicted molar refractivity (Wildman–Crippen MR) is 76.5 cm³/mol. The molecule has 102 valence electrons. The van der Waals surface area contributed by atoms with Crippen molar-refractivity contribution >= 4 is 20.8 Å². The summed E-state index contributed by atoms with van der Waals surface area (Å²) in [6, 6.07) is 9.18. The third-order valence-corrected chi connectivity index (χ3v) is 4.38. The van der Waals surface area contributed by atoms with Crippen LogP contribution in [0.4, 0.5) is 0 Å². The molecule has 0 aliphatic carbocycles. The summed E-state index contributed by atoms with van der Waals surface area (Å²) in [6.07, 6.45) is 4.46. The lowest BCUT2D eigenvalue weighted by atomic mass is 10.2. The molecule has 0 fully saturated rings. The third-order valence-electron chi connectivity index (χ3n) is 2.96. The van der Waals surface area contributed by atoms with Crippen molar-refractivity contribution in [3.05, 3.63) is 36.5 Å². The summed E-state index contributed by atoms with van der Waals surface area (Å²) in [4.78, 5) is 4.03. The SMILES string of the molecule is CCCCCNS(=O)(=O)c1nccc2ccccc12. The number of benzene rings is 1. The van der Waals surface area contributed by atoms with Crippen molar-refractivity contribution in [2.24, 2.45) is 0 Å². The van der Waals surface area contributed by atoms with Crippen LogP contribution in [0.3, 0.4) is 0 Å². The second-order valence-electron chi connectivity index (χ2n) is 4.44. The van der Waals surface area contributed by atoms with Gasteiger partial charge in [-0.3, -0.25) is 0 Å². The lowest BCUT2D eigenvalue weighted by Crippen LogP contribution is -2.25. The van der Waals surface area contributed by atoms with Crippen LogP contribution in [0.1, 0.15) is 26.2 Å². The molecule has 5 heteroatoms. The largest absolute Gasteiger partial charge is 0.258 e. The molecule has 2 rings (SSSR count). The van der Waals surface area contributed by atoms with Gasteiger partial charge in [0, 0.05) is 18.1 Å². The van der Waals surface area contributed by atoms with Gasteiger partial charge in [0.1, 0.15) is 0 Å². The van der Waals surface area contributed by atoms with Crippen molar-refractivity contribution in [2.75, 3.05) is 6.54 Å². The van der Waals surface area contributed by atoms with E-state index in [9.17, 15) is 8.42 Å². The maximum Gasteiger partial charge on any atom is 0.258 e. The molecule has 1 aromatic carbocycles. The average Bonchev–Trinajstić information content (AvgIpc) is 2.43. The molecule has 0 unspecified atom stereocenters. The summed E-state index contributed by atoms with van der Waals surface area (Å²) in [7, 11) is -3.53. The van der Waals surface area contributed by atoms with Crippen LogP contribution in [0.25, 0.3) is 10.8 Å². The molecule has 0 amide bonds. The fourth-order valence-electron chi connectivity index (χ4n) is 1.96. The van der Waals surface area contributed by atoms with E-state index in [2.05, 4.69) is 16.6 Å².